The standard InChI is InChI=1S/C13H13ClFNS/c1-8-3-4-9(7-11(8)15)12(16-2)13-10(14)5-6-17-13/h3-7,12,16H,1-2H3. The summed E-state index contributed by atoms with van der Waals surface area (Å²) in [7, 11) is 1.85. The third-order valence-corrected chi connectivity index (χ3v) is 4.15. The predicted octanol–water partition coefficient (Wildman–Crippen LogP) is 4.16. The summed E-state index contributed by atoms with van der Waals surface area (Å²) >= 11 is 7.68. The molecule has 1 N–H and O–H groups in total. The van der Waals surface area contributed by atoms with E-state index in [0.717, 1.165) is 15.5 Å². The second kappa shape index (κ2) is 5.17. The van der Waals surface area contributed by atoms with Gasteiger partial charge in [-0.05, 0) is 42.6 Å². The van der Waals surface area contributed by atoms with E-state index in [-0.39, 0.29) is 11.9 Å². The average molecular weight is 270 g/mol. The van der Waals surface area contributed by atoms with Gasteiger partial charge in [0.25, 0.3) is 0 Å². The van der Waals surface area contributed by atoms with Crippen LogP contribution in [-0.4, -0.2) is 7.05 Å². The van der Waals surface area contributed by atoms with E-state index in [9.17, 15) is 4.39 Å². The van der Waals surface area contributed by atoms with Crippen LogP contribution in [0.4, 0.5) is 4.39 Å². The van der Waals surface area contributed by atoms with Gasteiger partial charge in [0.15, 0.2) is 0 Å². The van der Waals surface area contributed by atoms with E-state index in [4.69, 9.17) is 11.6 Å². The lowest BCUT2D eigenvalue weighted by Crippen LogP contribution is -2.17. The van der Waals surface area contributed by atoms with Gasteiger partial charge in [-0.25, -0.2) is 4.39 Å². The van der Waals surface area contributed by atoms with Crippen molar-refractivity contribution in [3.63, 3.8) is 0 Å². The second-order valence-corrected chi connectivity index (χ2v) is 5.22. The molecule has 0 saturated heterocycles. The van der Waals surface area contributed by atoms with Gasteiger partial charge in [-0.15, -0.1) is 11.3 Å². The van der Waals surface area contributed by atoms with Crippen LogP contribution in [0.5, 0.6) is 0 Å². The van der Waals surface area contributed by atoms with Crippen molar-refractivity contribution in [1.29, 1.82) is 0 Å². The van der Waals surface area contributed by atoms with E-state index in [1.807, 2.05) is 24.6 Å². The number of thiophene rings is 1. The van der Waals surface area contributed by atoms with Crippen LogP contribution in [0.25, 0.3) is 0 Å². The lowest BCUT2D eigenvalue weighted by Gasteiger charge is -2.16. The van der Waals surface area contributed by atoms with Crippen LogP contribution in [0.3, 0.4) is 0 Å². The van der Waals surface area contributed by atoms with Gasteiger partial charge in [0, 0.05) is 4.88 Å². The van der Waals surface area contributed by atoms with Crippen molar-refractivity contribution >= 4 is 22.9 Å². The smallest absolute Gasteiger partial charge is 0.126 e. The summed E-state index contributed by atoms with van der Waals surface area (Å²) in [5.74, 6) is -0.185. The van der Waals surface area contributed by atoms with Gasteiger partial charge in [0.05, 0.1) is 11.1 Å². The van der Waals surface area contributed by atoms with Crippen molar-refractivity contribution in [3.05, 3.63) is 56.5 Å². The Morgan fingerprint density at radius 2 is 2.12 bits per heavy atom. The molecular formula is C13H13ClFNS. The Morgan fingerprint density at radius 3 is 2.65 bits per heavy atom. The van der Waals surface area contributed by atoms with Crippen LogP contribution in [-0.2, 0) is 0 Å². The molecular weight excluding hydrogens is 257 g/mol. The molecule has 1 unspecified atom stereocenters. The Kier molecular flexibility index (Phi) is 3.82. The van der Waals surface area contributed by atoms with Crippen molar-refractivity contribution in [3.8, 4) is 0 Å². The summed E-state index contributed by atoms with van der Waals surface area (Å²) in [5.41, 5.74) is 1.54. The summed E-state index contributed by atoms with van der Waals surface area (Å²) in [6.45, 7) is 1.76. The molecule has 0 spiro atoms. The van der Waals surface area contributed by atoms with Gasteiger partial charge in [-0.1, -0.05) is 23.7 Å². The van der Waals surface area contributed by atoms with Crippen molar-refractivity contribution < 1.29 is 4.39 Å². The summed E-state index contributed by atoms with van der Waals surface area (Å²) in [5, 5.41) is 5.82. The number of nitrogens with one attached hydrogen (secondary N) is 1. The molecule has 0 aliphatic heterocycles. The molecule has 0 saturated carbocycles. The number of benzene rings is 1. The van der Waals surface area contributed by atoms with Crippen LogP contribution >= 0.6 is 22.9 Å². The first-order valence-corrected chi connectivity index (χ1v) is 6.55. The van der Waals surface area contributed by atoms with Gasteiger partial charge in [0.1, 0.15) is 5.82 Å². The Morgan fingerprint density at radius 1 is 1.35 bits per heavy atom. The first kappa shape index (κ1) is 12.6. The van der Waals surface area contributed by atoms with E-state index < -0.39 is 0 Å². The Labute approximate surface area is 109 Å². The highest BCUT2D eigenvalue weighted by atomic mass is 35.5. The maximum Gasteiger partial charge on any atom is 0.126 e. The van der Waals surface area contributed by atoms with Crippen LogP contribution in [0, 0.1) is 12.7 Å². The van der Waals surface area contributed by atoms with E-state index in [1.54, 1.807) is 30.4 Å². The molecule has 1 aromatic heterocycles. The topological polar surface area (TPSA) is 12.0 Å². The predicted molar refractivity (Wildman–Crippen MR) is 71.4 cm³/mol. The van der Waals surface area contributed by atoms with Gasteiger partial charge < -0.3 is 5.32 Å². The zero-order chi connectivity index (χ0) is 12.4. The van der Waals surface area contributed by atoms with Gasteiger partial charge in [0.2, 0.25) is 0 Å². The molecule has 1 heterocycles. The van der Waals surface area contributed by atoms with Gasteiger partial charge >= 0.3 is 0 Å². The first-order valence-electron chi connectivity index (χ1n) is 5.29. The first-order chi connectivity index (χ1) is 8.13. The van der Waals surface area contributed by atoms with E-state index in [2.05, 4.69) is 5.32 Å². The molecule has 4 heteroatoms. The number of hydrogen-bond acceptors (Lipinski definition) is 2. The highest BCUT2D eigenvalue weighted by molar-refractivity contribution is 7.10. The lowest BCUT2D eigenvalue weighted by molar-refractivity contribution is 0.609. The number of rotatable bonds is 3. The molecule has 17 heavy (non-hydrogen) atoms. The molecule has 90 valence electrons. The summed E-state index contributed by atoms with van der Waals surface area (Å²) in [6, 6.07) is 7.08. The van der Waals surface area contributed by atoms with Gasteiger partial charge in [-0.2, -0.15) is 0 Å². The minimum Gasteiger partial charge on any atom is -0.309 e. The van der Waals surface area contributed by atoms with Gasteiger partial charge in [-0.3, -0.25) is 0 Å². The maximum absolute atomic E-state index is 13.6. The summed E-state index contributed by atoms with van der Waals surface area (Å²) < 4.78 is 13.6. The van der Waals surface area contributed by atoms with Crippen molar-refractivity contribution in [2.45, 2.75) is 13.0 Å². The maximum atomic E-state index is 13.6. The third kappa shape index (κ3) is 2.51. The summed E-state index contributed by atoms with van der Waals surface area (Å²) in [6.07, 6.45) is 0. The quantitative estimate of drug-likeness (QED) is 0.882. The average Bonchev–Trinajstić information content (AvgIpc) is 2.71. The molecule has 2 aromatic rings. The highest BCUT2D eigenvalue weighted by Gasteiger charge is 2.17. The molecule has 0 radical (unpaired) electrons. The van der Waals surface area contributed by atoms with E-state index in [0.29, 0.717) is 5.56 Å². The Balaban J connectivity index is 2.42. The number of halogens is 2. The molecule has 0 bridgehead atoms. The molecule has 0 aliphatic carbocycles. The summed E-state index contributed by atoms with van der Waals surface area (Å²) in [4.78, 5) is 1.01. The third-order valence-electron chi connectivity index (χ3n) is 2.72. The minimum atomic E-state index is -0.185. The normalized spacial score (nSPS) is 12.7. The van der Waals surface area contributed by atoms with Crippen molar-refractivity contribution in [2.75, 3.05) is 7.05 Å². The zero-order valence-corrected chi connectivity index (χ0v) is 11.2. The second-order valence-electron chi connectivity index (χ2n) is 3.86. The molecule has 1 nitrogen and oxygen atoms in total. The molecule has 2 rings (SSSR count). The SMILES string of the molecule is CNC(c1ccc(C)c(F)c1)c1sccc1Cl. The Hall–Kier alpha value is -0.900. The minimum absolute atomic E-state index is 0.0578. The van der Waals surface area contributed by atoms with Crippen molar-refractivity contribution in [2.24, 2.45) is 0 Å². The van der Waals surface area contributed by atoms with Crippen LogP contribution in [0.15, 0.2) is 29.6 Å². The van der Waals surface area contributed by atoms with Crippen LogP contribution < -0.4 is 5.32 Å². The highest BCUT2D eigenvalue weighted by Crippen LogP contribution is 2.33. The van der Waals surface area contributed by atoms with Crippen LogP contribution in [0.1, 0.15) is 22.0 Å². The van der Waals surface area contributed by atoms with E-state index >= 15 is 0 Å². The number of hydrogen-bond donors (Lipinski definition) is 1. The van der Waals surface area contributed by atoms with Crippen LogP contribution in [0.2, 0.25) is 5.02 Å². The fourth-order valence-corrected chi connectivity index (χ4v) is 3.05. The fraction of sp³-hybridized carbons (Fsp3) is 0.231. The molecule has 0 aliphatic rings. The Bertz CT molecular complexity index is 524. The van der Waals surface area contributed by atoms with Crippen molar-refractivity contribution in [1.82, 2.24) is 5.32 Å². The monoisotopic (exact) mass is 269 g/mol. The number of aryl methyl sites for hydroxylation is 1. The fourth-order valence-electron chi connectivity index (χ4n) is 1.75. The van der Waals surface area contributed by atoms with E-state index in [1.165, 1.54) is 0 Å². The zero-order valence-electron chi connectivity index (χ0n) is 9.63. The lowest BCUT2D eigenvalue weighted by atomic mass is 10.0. The largest absolute Gasteiger partial charge is 0.309 e. The molecule has 1 atom stereocenters. The molecule has 1 aromatic carbocycles. The molecule has 0 amide bonds. The molecule has 0 fully saturated rings.